The van der Waals surface area contributed by atoms with E-state index in [0.717, 1.165) is 0 Å². The fraction of sp³-hybridized carbons (Fsp3) is 0.364. The Morgan fingerprint density at radius 3 is 2.90 bits per heavy atom. The molecule has 1 aromatic rings. The van der Waals surface area contributed by atoms with Crippen molar-refractivity contribution in [2.75, 3.05) is 5.75 Å². The quantitative estimate of drug-likeness (QED) is 0.667. The summed E-state index contributed by atoms with van der Waals surface area (Å²) in [6.45, 7) is 0. The van der Waals surface area contributed by atoms with Gasteiger partial charge in [0.2, 0.25) is 5.91 Å². The van der Waals surface area contributed by atoms with E-state index in [0.29, 0.717) is 17.2 Å². The van der Waals surface area contributed by atoms with Crippen molar-refractivity contribution in [1.29, 1.82) is 0 Å². The maximum absolute atomic E-state index is 11.8. The Kier molecular flexibility index (Phi) is 3.26. The number of nitrogens with zero attached hydrogens (tertiary/aromatic N) is 5. The molecule has 3 rings (SSSR count). The Hall–Kier alpha value is -2.20. The average molecular weight is 308 g/mol. The number of amides is 1. The number of aryl methyl sites for hydroxylation is 1. The Labute approximate surface area is 123 Å². The lowest BCUT2D eigenvalue weighted by Gasteiger charge is -2.47. The van der Waals surface area contributed by atoms with Gasteiger partial charge in [0.15, 0.2) is 5.82 Å². The van der Waals surface area contributed by atoms with Crippen LogP contribution in [-0.4, -0.2) is 59.3 Å². The van der Waals surface area contributed by atoms with Crippen LogP contribution in [0.15, 0.2) is 17.3 Å². The number of β-lactam (4-membered cyclic amide) rings is 1. The van der Waals surface area contributed by atoms with Crippen LogP contribution in [-0.2, 0) is 16.6 Å². The van der Waals surface area contributed by atoms with Crippen LogP contribution in [0.1, 0.15) is 5.82 Å². The van der Waals surface area contributed by atoms with Crippen LogP contribution < -0.4 is 5.73 Å². The molecule has 2 atom stereocenters. The minimum Gasteiger partial charge on any atom is -0.477 e. The number of nitrogens with two attached hydrogens (primary N) is 1. The van der Waals surface area contributed by atoms with Crippen molar-refractivity contribution in [1.82, 2.24) is 25.1 Å². The third-order valence-corrected chi connectivity index (χ3v) is 4.65. The molecule has 0 bridgehead atoms. The Morgan fingerprint density at radius 1 is 1.52 bits per heavy atom. The predicted molar refractivity (Wildman–Crippen MR) is 73.6 cm³/mol. The summed E-state index contributed by atoms with van der Waals surface area (Å²) in [6.07, 6.45) is 3.23. The highest BCUT2D eigenvalue weighted by Crippen LogP contribution is 2.39. The minimum atomic E-state index is -1.14. The van der Waals surface area contributed by atoms with Gasteiger partial charge in [-0.3, -0.25) is 9.69 Å². The summed E-state index contributed by atoms with van der Waals surface area (Å²) in [7, 11) is 1.68. The van der Waals surface area contributed by atoms with Gasteiger partial charge in [0.05, 0.1) is 0 Å². The molecule has 2 aliphatic heterocycles. The molecule has 0 radical (unpaired) electrons. The molecule has 3 N–H and O–H groups in total. The van der Waals surface area contributed by atoms with E-state index in [9.17, 15) is 14.7 Å². The molecule has 0 saturated carbocycles. The molecule has 9 nitrogen and oxygen atoms in total. The molecule has 21 heavy (non-hydrogen) atoms. The number of rotatable bonds is 3. The fourth-order valence-corrected chi connectivity index (χ4v) is 3.49. The number of allylic oxidation sites excluding steroid dienone is 1. The molecule has 1 aromatic heterocycles. The second-order valence-electron chi connectivity index (χ2n) is 4.61. The van der Waals surface area contributed by atoms with Crippen molar-refractivity contribution >= 4 is 29.7 Å². The summed E-state index contributed by atoms with van der Waals surface area (Å²) in [6, 6.07) is -0.627. The molecule has 1 fully saturated rings. The molecule has 1 saturated heterocycles. The lowest BCUT2D eigenvalue weighted by Crippen LogP contribution is -2.68. The molecular weight excluding hydrogens is 296 g/mol. The van der Waals surface area contributed by atoms with Crippen LogP contribution in [0.2, 0.25) is 0 Å². The zero-order valence-electron chi connectivity index (χ0n) is 11.0. The number of aliphatic carboxylic acids is 1. The number of carbonyl (C=O) groups is 2. The van der Waals surface area contributed by atoms with Crippen molar-refractivity contribution in [2.45, 2.75) is 11.4 Å². The van der Waals surface area contributed by atoms with E-state index in [1.54, 1.807) is 19.2 Å². The molecule has 1 amide bonds. The number of aromatic nitrogens is 4. The van der Waals surface area contributed by atoms with Crippen molar-refractivity contribution in [2.24, 2.45) is 12.8 Å². The molecule has 0 spiro atoms. The number of carboxylic acids is 1. The second kappa shape index (κ2) is 4.97. The lowest BCUT2D eigenvalue weighted by atomic mass is 10.0. The second-order valence-corrected chi connectivity index (χ2v) is 5.71. The smallest absolute Gasteiger partial charge is 0.352 e. The topological polar surface area (TPSA) is 127 Å². The van der Waals surface area contributed by atoms with Gasteiger partial charge in [0.1, 0.15) is 17.1 Å². The first kappa shape index (κ1) is 13.8. The van der Waals surface area contributed by atoms with Crippen LogP contribution in [0.3, 0.4) is 0 Å². The highest BCUT2D eigenvalue weighted by Gasteiger charge is 2.51. The summed E-state index contributed by atoms with van der Waals surface area (Å²) >= 11 is 1.44. The van der Waals surface area contributed by atoms with E-state index < -0.39 is 12.0 Å². The normalized spacial score (nSPS) is 25.2. The largest absolute Gasteiger partial charge is 0.477 e. The van der Waals surface area contributed by atoms with Crippen molar-refractivity contribution < 1.29 is 14.7 Å². The molecule has 3 heterocycles. The van der Waals surface area contributed by atoms with Gasteiger partial charge in [-0.1, -0.05) is 6.08 Å². The molecule has 1 unspecified atom stereocenters. The van der Waals surface area contributed by atoms with Gasteiger partial charge in [-0.15, -0.1) is 16.9 Å². The minimum absolute atomic E-state index is 0.0168. The number of carboxylic acid groups (broad SMARTS) is 1. The van der Waals surface area contributed by atoms with Crippen LogP contribution in [0.4, 0.5) is 0 Å². The lowest BCUT2D eigenvalue weighted by molar-refractivity contribution is -0.147. The van der Waals surface area contributed by atoms with Crippen LogP contribution in [0.25, 0.3) is 6.08 Å². The van der Waals surface area contributed by atoms with E-state index in [1.807, 2.05) is 0 Å². The van der Waals surface area contributed by atoms with Gasteiger partial charge < -0.3 is 10.8 Å². The fourth-order valence-electron chi connectivity index (χ4n) is 2.22. The molecular formula is C11H12N6O3S. The maximum atomic E-state index is 11.8. The van der Waals surface area contributed by atoms with E-state index in [-0.39, 0.29) is 17.0 Å². The zero-order valence-corrected chi connectivity index (χ0v) is 11.8. The first-order valence-electron chi connectivity index (χ1n) is 6.08. The predicted octanol–water partition coefficient (Wildman–Crippen LogP) is -1.20. The van der Waals surface area contributed by atoms with E-state index in [2.05, 4.69) is 15.5 Å². The Balaban J connectivity index is 1.95. The van der Waals surface area contributed by atoms with Gasteiger partial charge in [-0.05, 0) is 22.1 Å². The van der Waals surface area contributed by atoms with Crippen LogP contribution >= 0.6 is 11.8 Å². The van der Waals surface area contributed by atoms with E-state index in [4.69, 9.17) is 5.73 Å². The van der Waals surface area contributed by atoms with Gasteiger partial charge in [0.25, 0.3) is 0 Å². The average Bonchev–Trinajstić information content (AvgIpc) is 2.88. The summed E-state index contributed by atoms with van der Waals surface area (Å²) in [5.74, 6) is -0.552. The monoisotopic (exact) mass is 308 g/mol. The molecule has 10 heteroatoms. The van der Waals surface area contributed by atoms with Gasteiger partial charge >= 0.3 is 5.97 Å². The number of tetrazole rings is 1. The number of carbonyl (C=O) groups excluding carboxylic acids is 1. The Bertz CT molecular complexity index is 681. The summed E-state index contributed by atoms with van der Waals surface area (Å²) in [4.78, 5) is 24.5. The van der Waals surface area contributed by atoms with Gasteiger partial charge in [-0.25, -0.2) is 9.48 Å². The molecule has 0 aliphatic carbocycles. The molecule has 0 aromatic carbocycles. The number of hydrogen-bond acceptors (Lipinski definition) is 7. The SMILES string of the molecule is Cn1nnnc1C=CC1=C(C(=O)O)N2C(=O)C(N)[C@H]2SC1. The maximum Gasteiger partial charge on any atom is 0.352 e. The van der Waals surface area contributed by atoms with Crippen molar-refractivity contribution in [3.63, 3.8) is 0 Å². The molecule has 110 valence electrons. The van der Waals surface area contributed by atoms with Crippen LogP contribution in [0, 0.1) is 0 Å². The van der Waals surface area contributed by atoms with Crippen molar-refractivity contribution in [3.05, 3.63) is 23.2 Å². The molecule has 2 aliphatic rings. The summed E-state index contributed by atoms with van der Waals surface area (Å²) in [5.41, 5.74) is 6.20. The third kappa shape index (κ3) is 2.12. The number of thioether (sulfide) groups is 1. The first-order chi connectivity index (χ1) is 10.0. The summed E-state index contributed by atoms with van der Waals surface area (Å²) < 4.78 is 1.46. The van der Waals surface area contributed by atoms with E-state index >= 15 is 0 Å². The van der Waals surface area contributed by atoms with E-state index in [1.165, 1.54) is 21.3 Å². The van der Waals surface area contributed by atoms with Crippen molar-refractivity contribution in [3.8, 4) is 0 Å². The Morgan fingerprint density at radius 2 is 2.29 bits per heavy atom. The number of fused-ring (bicyclic) bond motifs is 1. The van der Waals surface area contributed by atoms with Gasteiger partial charge in [0, 0.05) is 12.8 Å². The van der Waals surface area contributed by atoms with Crippen LogP contribution in [0.5, 0.6) is 0 Å². The third-order valence-electron chi connectivity index (χ3n) is 3.33. The first-order valence-corrected chi connectivity index (χ1v) is 7.12. The highest BCUT2D eigenvalue weighted by atomic mass is 32.2. The highest BCUT2D eigenvalue weighted by molar-refractivity contribution is 8.00. The standard InChI is InChI=1S/C11H12N6O3S/c1-16-6(13-14-15-16)3-2-5-4-21-10-7(12)9(18)17(10)8(5)11(19)20/h2-3,7,10H,4,12H2,1H3,(H,19,20)/t7?,10-/m1/s1. The number of hydrogen-bond donors (Lipinski definition) is 2. The summed E-state index contributed by atoms with van der Waals surface area (Å²) in [5, 5.41) is 20.0. The zero-order chi connectivity index (χ0) is 15.1. The van der Waals surface area contributed by atoms with Gasteiger partial charge in [-0.2, -0.15) is 0 Å².